The van der Waals surface area contributed by atoms with E-state index in [1.54, 1.807) is 0 Å². The second-order valence-corrected chi connectivity index (χ2v) is 13.9. The van der Waals surface area contributed by atoms with Crippen molar-refractivity contribution in [2.24, 2.45) is 0 Å². The summed E-state index contributed by atoms with van der Waals surface area (Å²) < 4.78 is 2.63. The number of para-hydroxylation sites is 1. The molecule has 0 radical (unpaired) electrons. The van der Waals surface area contributed by atoms with Crippen LogP contribution in [0.1, 0.15) is 22.3 Å². The van der Waals surface area contributed by atoms with Gasteiger partial charge in [0.1, 0.15) is 0 Å². The summed E-state index contributed by atoms with van der Waals surface area (Å²) in [6, 6.07) is 69.1. The highest BCUT2D eigenvalue weighted by Gasteiger charge is 2.46. The lowest BCUT2D eigenvalue weighted by Crippen LogP contribution is -2.28. The van der Waals surface area contributed by atoms with Gasteiger partial charge in [-0.1, -0.05) is 158 Å². The molecule has 0 spiro atoms. The van der Waals surface area contributed by atoms with Crippen LogP contribution in [0.25, 0.3) is 42.1 Å². The maximum atomic E-state index is 2.46. The zero-order valence-electron chi connectivity index (χ0n) is 26.8. The van der Waals surface area contributed by atoms with Gasteiger partial charge in [0.25, 0.3) is 0 Å². The third kappa shape index (κ3) is 4.11. The standard InChI is InChI=1S/C47H31NS/c1-4-16-33(17-5-1)47(34-18-6-2-7-19-34)42-25-13-12-23-38(42)39-30-28-36(31-43(39)47)48(35-20-8-3-9-21-35)44-26-14-24-40-41-29-27-32-15-10-11-22-37(32)45(41)49-46(40)44/h1-31H. The lowest BCUT2D eigenvalue weighted by Gasteiger charge is -2.35. The van der Waals surface area contributed by atoms with Crippen LogP contribution in [0.3, 0.4) is 0 Å². The van der Waals surface area contributed by atoms with Gasteiger partial charge in [0.05, 0.1) is 15.8 Å². The molecule has 0 aliphatic heterocycles. The molecule has 0 atom stereocenters. The van der Waals surface area contributed by atoms with Gasteiger partial charge in [-0.3, -0.25) is 0 Å². The zero-order valence-corrected chi connectivity index (χ0v) is 27.6. The summed E-state index contributed by atoms with van der Waals surface area (Å²) in [6.07, 6.45) is 0. The number of thiophene rings is 1. The average molecular weight is 642 g/mol. The van der Waals surface area contributed by atoms with Gasteiger partial charge < -0.3 is 4.90 Å². The first-order valence-electron chi connectivity index (χ1n) is 16.9. The minimum Gasteiger partial charge on any atom is -0.309 e. The Bertz CT molecular complexity index is 2620. The molecule has 0 saturated heterocycles. The summed E-state index contributed by atoms with van der Waals surface area (Å²) in [5.41, 5.74) is 10.8. The van der Waals surface area contributed by atoms with Crippen LogP contribution in [0.15, 0.2) is 188 Å². The second-order valence-electron chi connectivity index (χ2n) is 12.8. The Morgan fingerprint density at radius 2 is 1.00 bits per heavy atom. The molecular formula is C47H31NS. The van der Waals surface area contributed by atoms with Gasteiger partial charge >= 0.3 is 0 Å². The van der Waals surface area contributed by atoms with E-state index < -0.39 is 5.41 Å². The van der Waals surface area contributed by atoms with Gasteiger partial charge in [0.2, 0.25) is 0 Å². The predicted molar refractivity (Wildman–Crippen MR) is 209 cm³/mol. The molecule has 0 N–H and O–H groups in total. The van der Waals surface area contributed by atoms with Crippen molar-refractivity contribution in [3.63, 3.8) is 0 Å². The van der Waals surface area contributed by atoms with E-state index in [-0.39, 0.29) is 0 Å². The van der Waals surface area contributed by atoms with E-state index in [1.807, 2.05) is 11.3 Å². The van der Waals surface area contributed by atoms with Crippen molar-refractivity contribution in [3.8, 4) is 11.1 Å². The largest absolute Gasteiger partial charge is 0.309 e. The summed E-state index contributed by atoms with van der Waals surface area (Å²) >= 11 is 1.90. The van der Waals surface area contributed by atoms with E-state index in [2.05, 4.69) is 193 Å². The van der Waals surface area contributed by atoms with Gasteiger partial charge in [-0.15, -0.1) is 11.3 Å². The summed E-state index contributed by atoms with van der Waals surface area (Å²) in [4.78, 5) is 2.46. The highest BCUT2D eigenvalue weighted by Crippen LogP contribution is 2.57. The van der Waals surface area contributed by atoms with E-state index in [0.717, 1.165) is 11.4 Å². The normalized spacial score (nSPS) is 13.1. The number of hydrogen-bond acceptors (Lipinski definition) is 2. The smallest absolute Gasteiger partial charge is 0.0714 e. The summed E-state index contributed by atoms with van der Waals surface area (Å²) in [6.45, 7) is 0. The van der Waals surface area contributed by atoms with Crippen LogP contribution < -0.4 is 4.90 Å². The molecule has 8 aromatic carbocycles. The van der Waals surface area contributed by atoms with Crippen molar-refractivity contribution >= 4 is 59.3 Å². The molecule has 1 heterocycles. The molecular weight excluding hydrogens is 611 g/mol. The summed E-state index contributed by atoms with van der Waals surface area (Å²) in [7, 11) is 0. The zero-order chi connectivity index (χ0) is 32.4. The van der Waals surface area contributed by atoms with Crippen molar-refractivity contribution in [3.05, 3.63) is 210 Å². The highest BCUT2D eigenvalue weighted by atomic mass is 32.1. The molecule has 1 aromatic heterocycles. The molecule has 0 bridgehead atoms. The molecule has 0 unspecified atom stereocenters. The van der Waals surface area contributed by atoms with Gasteiger partial charge in [-0.25, -0.2) is 0 Å². The number of benzene rings is 8. The van der Waals surface area contributed by atoms with Crippen LogP contribution in [-0.2, 0) is 5.41 Å². The van der Waals surface area contributed by atoms with Gasteiger partial charge in [0.15, 0.2) is 0 Å². The van der Waals surface area contributed by atoms with Crippen molar-refractivity contribution in [1.29, 1.82) is 0 Å². The molecule has 1 aliphatic carbocycles. The number of rotatable bonds is 5. The first-order valence-corrected chi connectivity index (χ1v) is 17.7. The monoisotopic (exact) mass is 641 g/mol. The third-order valence-electron chi connectivity index (χ3n) is 10.3. The van der Waals surface area contributed by atoms with Crippen molar-refractivity contribution < 1.29 is 0 Å². The van der Waals surface area contributed by atoms with E-state index in [9.17, 15) is 0 Å². The molecule has 230 valence electrons. The van der Waals surface area contributed by atoms with Gasteiger partial charge in [0, 0.05) is 26.8 Å². The summed E-state index contributed by atoms with van der Waals surface area (Å²) in [5.74, 6) is 0. The highest BCUT2D eigenvalue weighted by molar-refractivity contribution is 7.27. The number of fused-ring (bicyclic) bond motifs is 8. The molecule has 9 aromatic rings. The first kappa shape index (κ1) is 28.1. The quantitative estimate of drug-likeness (QED) is 0.181. The lowest BCUT2D eigenvalue weighted by atomic mass is 9.67. The van der Waals surface area contributed by atoms with Crippen LogP contribution in [0.4, 0.5) is 17.1 Å². The van der Waals surface area contributed by atoms with Crippen LogP contribution in [0.5, 0.6) is 0 Å². The fraction of sp³-hybridized carbons (Fsp3) is 0.0213. The molecule has 2 heteroatoms. The predicted octanol–water partition coefficient (Wildman–Crippen LogP) is 13.0. The summed E-state index contributed by atoms with van der Waals surface area (Å²) in [5, 5.41) is 5.19. The second kappa shape index (κ2) is 11.1. The number of hydrogen-bond donors (Lipinski definition) is 0. The van der Waals surface area contributed by atoms with E-state index in [4.69, 9.17) is 0 Å². The SMILES string of the molecule is c1ccc(N(c2ccc3c(c2)C(c2ccccc2)(c2ccccc2)c2ccccc2-3)c2cccc3c2sc2c4ccccc4ccc32)cc1. The third-order valence-corrected chi connectivity index (χ3v) is 11.6. The van der Waals surface area contributed by atoms with E-state index in [0.29, 0.717) is 0 Å². The van der Waals surface area contributed by atoms with Crippen molar-refractivity contribution in [2.45, 2.75) is 5.41 Å². The molecule has 0 amide bonds. The van der Waals surface area contributed by atoms with Crippen molar-refractivity contribution in [2.75, 3.05) is 4.90 Å². The molecule has 0 saturated carbocycles. The Kier molecular flexibility index (Phi) is 6.34. The Morgan fingerprint density at radius 3 is 1.78 bits per heavy atom. The van der Waals surface area contributed by atoms with Gasteiger partial charge in [-0.2, -0.15) is 0 Å². The Balaban J connectivity index is 1.27. The molecule has 1 aliphatic rings. The van der Waals surface area contributed by atoms with Crippen LogP contribution in [0, 0.1) is 0 Å². The molecule has 10 rings (SSSR count). The Labute approximate surface area is 290 Å². The number of anilines is 3. The molecule has 1 nitrogen and oxygen atoms in total. The van der Waals surface area contributed by atoms with Crippen LogP contribution in [-0.4, -0.2) is 0 Å². The van der Waals surface area contributed by atoms with Crippen LogP contribution in [0.2, 0.25) is 0 Å². The van der Waals surface area contributed by atoms with E-state index >= 15 is 0 Å². The Morgan fingerprint density at radius 1 is 0.388 bits per heavy atom. The van der Waals surface area contributed by atoms with Crippen molar-refractivity contribution in [1.82, 2.24) is 0 Å². The minimum absolute atomic E-state index is 0.463. The van der Waals surface area contributed by atoms with Crippen LogP contribution >= 0.6 is 11.3 Å². The maximum Gasteiger partial charge on any atom is 0.0714 e. The van der Waals surface area contributed by atoms with Gasteiger partial charge in [-0.05, 0) is 74.5 Å². The molecule has 49 heavy (non-hydrogen) atoms. The topological polar surface area (TPSA) is 3.24 Å². The Hall–Kier alpha value is -5.96. The maximum absolute atomic E-state index is 2.46. The lowest BCUT2D eigenvalue weighted by molar-refractivity contribution is 0.768. The fourth-order valence-electron chi connectivity index (χ4n) is 8.26. The number of nitrogens with zero attached hydrogens (tertiary/aromatic N) is 1. The minimum atomic E-state index is -0.463. The fourth-order valence-corrected chi connectivity index (χ4v) is 9.60. The van der Waals surface area contributed by atoms with E-state index in [1.165, 1.54) is 70.0 Å². The average Bonchev–Trinajstić information content (AvgIpc) is 3.71. The first-order chi connectivity index (χ1) is 24.3. The molecule has 0 fully saturated rings.